The molecule has 4 nitrogen and oxygen atoms in total. The van der Waals surface area contributed by atoms with E-state index < -0.39 is 0 Å². The zero-order valence-corrected chi connectivity index (χ0v) is 12.4. The fourth-order valence-electron chi connectivity index (χ4n) is 3.45. The van der Waals surface area contributed by atoms with Crippen LogP contribution in [0.25, 0.3) is 0 Å². The van der Waals surface area contributed by atoms with Gasteiger partial charge in [0.05, 0.1) is 6.04 Å². The number of rotatable bonds is 4. The van der Waals surface area contributed by atoms with Gasteiger partial charge in [-0.05, 0) is 30.9 Å². The molecule has 0 unspecified atom stereocenters. The van der Waals surface area contributed by atoms with Gasteiger partial charge in [0, 0.05) is 45.8 Å². The van der Waals surface area contributed by atoms with Gasteiger partial charge >= 0.3 is 0 Å². The Labute approximate surface area is 121 Å². The van der Waals surface area contributed by atoms with Crippen molar-refractivity contribution in [2.75, 3.05) is 39.4 Å². The van der Waals surface area contributed by atoms with Gasteiger partial charge in [0.25, 0.3) is 0 Å². The van der Waals surface area contributed by atoms with Crippen LogP contribution in [0.2, 0.25) is 0 Å². The summed E-state index contributed by atoms with van der Waals surface area (Å²) in [5, 5.41) is 3.44. The number of nitrogens with zero attached hydrogens (tertiary/aromatic N) is 1. The van der Waals surface area contributed by atoms with Gasteiger partial charge < -0.3 is 14.5 Å². The van der Waals surface area contributed by atoms with Crippen molar-refractivity contribution in [3.8, 4) is 0 Å². The first-order valence-electron chi connectivity index (χ1n) is 7.99. The van der Waals surface area contributed by atoms with Crippen LogP contribution >= 0.6 is 0 Å². The molecular weight excluding hydrogens is 252 g/mol. The second-order valence-electron chi connectivity index (χ2n) is 5.84. The summed E-state index contributed by atoms with van der Waals surface area (Å²) in [6.07, 6.45) is 3.27. The standard InChI is InChI=1S/C16H26N2O2/c1-2-14-3-4-15(20-14)16(13-5-11-19-12-6-13)18-9-7-17-8-10-18/h3-4,13,16-17H,2,5-12H2,1H3/t16-/m0/s1. The largest absolute Gasteiger partial charge is 0.464 e. The van der Waals surface area contributed by atoms with Crippen molar-refractivity contribution < 1.29 is 9.15 Å². The third kappa shape index (κ3) is 3.08. The lowest BCUT2D eigenvalue weighted by molar-refractivity contribution is 0.0145. The number of aryl methyl sites for hydroxylation is 1. The van der Waals surface area contributed by atoms with Crippen molar-refractivity contribution in [1.82, 2.24) is 10.2 Å². The molecule has 2 aliphatic heterocycles. The second-order valence-corrected chi connectivity index (χ2v) is 5.84. The Morgan fingerprint density at radius 3 is 2.65 bits per heavy atom. The van der Waals surface area contributed by atoms with Gasteiger partial charge in [-0.3, -0.25) is 4.90 Å². The molecule has 1 N–H and O–H groups in total. The lowest BCUT2D eigenvalue weighted by atomic mass is 9.88. The van der Waals surface area contributed by atoms with Crippen LogP contribution < -0.4 is 5.32 Å². The van der Waals surface area contributed by atoms with Crippen molar-refractivity contribution in [2.24, 2.45) is 5.92 Å². The minimum Gasteiger partial charge on any atom is -0.464 e. The van der Waals surface area contributed by atoms with Crippen LogP contribution in [0.1, 0.15) is 37.3 Å². The van der Waals surface area contributed by atoms with Crippen LogP contribution in [0.5, 0.6) is 0 Å². The Balaban J connectivity index is 1.81. The van der Waals surface area contributed by atoms with E-state index in [0.717, 1.165) is 70.2 Å². The summed E-state index contributed by atoms with van der Waals surface area (Å²) in [4.78, 5) is 2.60. The van der Waals surface area contributed by atoms with Gasteiger partial charge in [-0.15, -0.1) is 0 Å². The van der Waals surface area contributed by atoms with Crippen molar-refractivity contribution >= 4 is 0 Å². The number of piperazine rings is 1. The Morgan fingerprint density at radius 2 is 2.00 bits per heavy atom. The normalized spacial score (nSPS) is 23.9. The van der Waals surface area contributed by atoms with Gasteiger partial charge in [0.2, 0.25) is 0 Å². The second kappa shape index (κ2) is 6.74. The summed E-state index contributed by atoms with van der Waals surface area (Å²) in [7, 11) is 0. The molecule has 0 aromatic carbocycles. The minimum atomic E-state index is 0.432. The molecule has 1 aromatic heterocycles. The zero-order valence-electron chi connectivity index (χ0n) is 12.4. The van der Waals surface area contributed by atoms with E-state index in [2.05, 4.69) is 29.3 Å². The number of nitrogens with one attached hydrogen (secondary N) is 1. The molecule has 0 aliphatic carbocycles. The van der Waals surface area contributed by atoms with Gasteiger partial charge in [-0.25, -0.2) is 0 Å². The number of hydrogen-bond donors (Lipinski definition) is 1. The predicted molar refractivity (Wildman–Crippen MR) is 78.8 cm³/mol. The quantitative estimate of drug-likeness (QED) is 0.916. The Bertz CT molecular complexity index is 388. The van der Waals surface area contributed by atoms with E-state index in [4.69, 9.17) is 9.15 Å². The summed E-state index contributed by atoms with van der Waals surface area (Å²) in [6.45, 7) is 8.34. The Morgan fingerprint density at radius 1 is 1.25 bits per heavy atom. The fraction of sp³-hybridized carbons (Fsp3) is 0.750. The molecule has 3 rings (SSSR count). The lowest BCUT2D eigenvalue weighted by Crippen LogP contribution is -2.47. The van der Waals surface area contributed by atoms with Gasteiger partial charge in [-0.1, -0.05) is 6.92 Å². The number of furan rings is 1. The molecule has 0 amide bonds. The molecule has 0 spiro atoms. The molecule has 2 aliphatic rings. The van der Waals surface area contributed by atoms with Gasteiger partial charge in [-0.2, -0.15) is 0 Å². The lowest BCUT2D eigenvalue weighted by Gasteiger charge is -2.39. The van der Waals surface area contributed by atoms with Crippen molar-refractivity contribution in [1.29, 1.82) is 0 Å². The SMILES string of the molecule is CCc1ccc([C@H](C2CCOCC2)N2CCNCC2)o1. The molecule has 2 fully saturated rings. The van der Waals surface area contributed by atoms with Crippen LogP contribution in [-0.2, 0) is 11.2 Å². The van der Waals surface area contributed by atoms with Crippen LogP contribution in [0, 0.1) is 5.92 Å². The first kappa shape index (κ1) is 14.1. The van der Waals surface area contributed by atoms with Crippen LogP contribution in [-0.4, -0.2) is 44.3 Å². The van der Waals surface area contributed by atoms with Crippen molar-refractivity contribution in [2.45, 2.75) is 32.2 Å². The highest BCUT2D eigenvalue weighted by Gasteiger charge is 2.33. The summed E-state index contributed by atoms with van der Waals surface area (Å²) < 4.78 is 11.6. The molecule has 1 aromatic rings. The molecule has 3 heterocycles. The van der Waals surface area contributed by atoms with Gasteiger partial charge in [0.1, 0.15) is 11.5 Å². The average Bonchev–Trinajstić information content (AvgIpc) is 2.98. The molecule has 20 heavy (non-hydrogen) atoms. The first-order chi connectivity index (χ1) is 9.88. The van der Waals surface area contributed by atoms with Crippen molar-refractivity contribution in [3.05, 3.63) is 23.7 Å². The van der Waals surface area contributed by atoms with E-state index in [1.807, 2.05) is 0 Å². The predicted octanol–water partition coefficient (Wildman–Crippen LogP) is 2.21. The van der Waals surface area contributed by atoms with Gasteiger partial charge in [0.15, 0.2) is 0 Å². The maximum absolute atomic E-state index is 6.10. The minimum absolute atomic E-state index is 0.432. The first-order valence-corrected chi connectivity index (χ1v) is 7.99. The van der Waals surface area contributed by atoms with E-state index >= 15 is 0 Å². The maximum atomic E-state index is 6.10. The van der Waals surface area contributed by atoms with Crippen LogP contribution in [0.3, 0.4) is 0 Å². The third-order valence-electron chi connectivity index (χ3n) is 4.58. The topological polar surface area (TPSA) is 37.6 Å². The van der Waals surface area contributed by atoms with E-state index in [0.29, 0.717) is 12.0 Å². The highest BCUT2D eigenvalue weighted by Crippen LogP contribution is 2.36. The zero-order chi connectivity index (χ0) is 13.8. The average molecular weight is 278 g/mol. The Kier molecular flexibility index (Phi) is 4.76. The smallest absolute Gasteiger partial charge is 0.121 e. The molecule has 2 saturated heterocycles. The molecule has 0 radical (unpaired) electrons. The van der Waals surface area contributed by atoms with E-state index in [1.165, 1.54) is 0 Å². The number of ether oxygens (including phenoxy) is 1. The molecule has 0 bridgehead atoms. The Hall–Kier alpha value is -0.840. The van der Waals surface area contributed by atoms with Crippen LogP contribution in [0.4, 0.5) is 0 Å². The molecule has 0 saturated carbocycles. The fourth-order valence-corrected chi connectivity index (χ4v) is 3.45. The monoisotopic (exact) mass is 278 g/mol. The number of hydrogen-bond acceptors (Lipinski definition) is 4. The summed E-state index contributed by atoms with van der Waals surface area (Å²) in [5.74, 6) is 2.93. The van der Waals surface area contributed by atoms with Crippen molar-refractivity contribution in [3.63, 3.8) is 0 Å². The summed E-state index contributed by atoms with van der Waals surface area (Å²) in [6, 6.07) is 4.77. The van der Waals surface area contributed by atoms with Crippen LogP contribution in [0.15, 0.2) is 16.5 Å². The van der Waals surface area contributed by atoms with E-state index in [-0.39, 0.29) is 0 Å². The molecular formula is C16H26N2O2. The molecule has 4 heteroatoms. The molecule has 1 atom stereocenters. The third-order valence-corrected chi connectivity index (χ3v) is 4.58. The molecule has 112 valence electrons. The summed E-state index contributed by atoms with van der Waals surface area (Å²) >= 11 is 0. The maximum Gasteiger partial charge on any atom is 0.121 e. The summed E-state index contributed by atoms with van der Waals surface area (Å²) in [5.41, 5.74) is 0. The highest BCUT2D eigenvalue weighted by atomic mass is 16.5. The van der Waals surface area contributed by atoms with E-state index in [9.17, 15) is 0 Å². The van der Waals surface area contributed by atoms with E-state index in [1.54, 1.807) is 0 Å². The highest BCUT2D eigenvalue weighted by molar-refractivity contribution is 5.12.